The third-order valence-electron chi connectivity index (χ3n) is 19.3. The minimum atomic E-state index is -2.22. The second kappa shape index (κ2) is 22.9. The number of pyridine rings is 1. The minimum absolute atomic E-state index is 0. The van der Waals surface area contributed by atoms with Crippen LogP contribution in [-0.2, 0) is 37.3 Å². The molecule has 2 aliphatic heterocycles. The first-order chi connectivity index (χ1) is 47.0. The van der Waals surface area contributed by atoms with Crippen molar-refractivity contribution in [2.75, 3.05) is 14.7 Å². The third kappa shape index (κ3) is 9.74. The monoisotopic (exact) mass is 1410 g/mol. The van der Waals surface area contributed by atoms with Gasteiger partial charge in [0.2, 0.25) is 0 Å². The molecule has 3 aliphatic rings. The Kier molecular flexibility index (Phi) is 13.5. The number of anilines is 7. The van der Waals surface area contributed by atoms with Gasteiger partial charge in [-0.3, -0.25) is 0 Å². The zero-order chi connectivity index (χ0) is 66.1. The Morgan fingerprint density at radius 1 is 0.442 bits per heavy atom. The number of ether oxygens (including phenoxy) is 1. The van der Waals surface area contributed by atoms with E-state index in [0.29, 0.717) is 17.3 Å². The first-order valence-electron chi connectivity index (χ1n) is 33.8. The van der Waals surface area contributed by atoms with Crippen molar-refractivity contribution < 1.29 is 29.9 Å². The third-order valence-corrected chi connectivity index (χ3v) is 19.3. The van der Waals surface area contributed by atoms with E-state index in [-0.39, 0.29) is 37.5 Å². The van der Waals surface area contributed by atoms with Crippen molar-refractivity contribution in [2.45, 2.75) is 64.6 Å². The summed E-state index contributed by atoms with van der Waals surface area (Å²) in [6.07, 6.45) is 1.80. The number of fused-ring (bicyclic) bond motifs is 13. The van der Waals surface area contributed by atoms with Gasteiger partial charge in [-0.2, -0.15) is 12.1 Å². The smallest absolute Gasteiger partial charge is 0.135 e. The molecule has 1 aliphatic carbocycles. The molecule has 14 aromatic rings. The van der Waals surface area contributed by atoms with Gasteiger partial charge >= 0.3 is 0 Å². The average molecular weight is 1410 g/mol. The Morgan fingerprint density at radius 3 is 1.76 bits per heavy atom. The summed E-state index contributed by atoms with van der Waals surface area (Å²) in [5.41, 5.74) is 24.7. The van der Waals surface area contributed by atoms with Gasteiger partial charge in [0.25, 0.3) is 0 Å². The Morgan fingerprint density at radius 2 is 1.04 bits per heavy atom. The Bertz CT molecular complexity index is 5390. The summed E-state index contributed by atoms with van der Waals surface area (Å²) in [5.74, 6) is 1.75. The van der Waals surface area contributed by atoms with Crippen molar-refractivity contribution in [1.29, 1.82) is 0 Å². The number of aryl methyl sites for hydroxylation is 1. The van der Waals surface area contributed by atoms with Crippen LogP contribution in [0.2, 0.25) is 0 Å². The van der Waals surface area contributed by atoms with Crippen LogP contribution in [0.3, 0.4) is 0 Å². The van der Waals surface area contributed by atoms with E-state index in [1.165, 1.54) is 55.9 Å². The van der Waals surface area contributed by atoms with Gasteiger partial charge in [-0.25, -0.2) is 4.98 Å². The maximum absolute atomic E-state index is 8.00. The van der Waals surface area contributed by atoms with Crippen LogP contribution in [0.1, 0.15) is 84.6 Å². The molecule has 12 aromatic carbocycles. The molecule has 0 saturated carbocycles. The van der Waals surface area contributed by atoms with Crippen LogP contribution in [0, 0.1) is 25.7 Å². The first kappa shape index (κ1) is 56.1. The van der Waals surface area contributed by atoms with Gasteiger partial charge in [0, 0.05) is 87.8 Å². The molecule has 0 fully saturated rings. The minimum Gasteiger partial charge on any atom is -0.509 e. The van der Waals surface area contributed by atoms with E-state index in [9.17, 15) is 0 Å². The normalized spacial score (nSPS) is 14.1. The molecule has 464 valence electrons. The van der Waals surface area contributed by atoms with Crippen LogP contribution in [0.5, 0.6) is 11.5 Å². The molecule has 95 heavy (non-hydrogen) atoms. The number of benzene rings is 12. The number of nitrogens with zero attached hydrogens (tertiary/aromatic N) is 5. The number of hydrogen-bond donors (Lipinski definition) is 0. The molecule has 4 heterocycles. The van der Waals surface area contributed by atoms with Crippen LogP contribution < -0.4 is 19.4 Å². The summed E-state index contributed by atoms with van der Waals surface area (Å²) in [7, 11) is 0. The summed E-state index contributed by atoms with van der Waals surface area (Å²) in [4.78, 5) is 12.0. The van der Waals surface area contributed by atoms with Gasteiger partial charge in [0.05, 0.1) is 16.8 Å². The molecule has 0 saturated heterocycles. The van der Waals surface area contributed by atoms with Gasteiger partial charge in [-0.1, -0.05) is 235 Å². The standard InChI is InChI=1S/C88H68N5O.Pt/c1-57-24-21-25-58(48-57)60-43-47-84(89-55-60)93-78-37-16-12-31-71(78)72-45-44-67(54-83(72)93)94-66-29-22-28-65(53-66)90-56-91(82-41-20-19-40-81(82)90)85-68(32-23-33-69(85)61-49-62(86(2,3)4)52-63(50-61)87(5,6)7)59-42-46-75-73(51-59)70-30-11-13-34-74(70)88(75)76-35-14-17-38-79(76)92(64-26-9-8-10-27-64)80-39-18-15-36-77(80)88;/h8-52,55-56H,1-7H3;/q-3;/i1D3;. The first-order valence-corrected chi connectivity index (χ1v) is 32.3. The van der Waals surface area contributed by atoms with Crippen molar-refractivity contribution in [3.05, 3.63) is 337 Å². The molecule has 0 unspecified atom stereocenters. The van der Waals surface area contributed by atoms with Crippen molar-refractivity contribution in [1.82, 2.24) is 9.55 Å². The van der Waals surface area contributed by atoms with E-state index < -0.39 is 12.3 Å². The van der Waals surface area contributed by atoms with Gasteiger partial charge in [-0.05, 0) is 145 Å². The number of aromatic nitrogens is 2. The number of hydrogen-bond acceptors (Lipinski definition) is 5. The van der Waals surface area contributed by atoms with Crippen LogP contribution in [0.15, 0.2) is 279 Å². The summed E-state index contributed by atoms with van der Waals surface area (Å²) in [6, 6.07) is 105. The molecule has 0 bridgehead atoms. The fourth-order valence-corrected chi connectivity index (χ4v) is 14.8. The predicted octanol–water partition coefficient (Wildman–Crippen LogP) is 23.0. The van der Waals surface area contributed by atoms with E-state index in [0.717, 1.165) is 83.6 Å². The van der Waals surface area contributed by atoms with Gasteiger partial charge < -0.3 is 24.0 Å². The summed E-state index contributed by atoms with van der Waals surface area (Å²) < 4.78 is 33.0. The molecule has 17 rings (SSSR count). The van der Waals surface area contributed by atoms with Gasteiger partial charge in [0.1, 0.15) is 5.82 Å². The van der Waals surface area contributed by atoms with Gasteiger partial charge in [-0.15, -0.1) is 48.1 Å². The van der Waals surface area contributed by atoms with E-state index in [1.807, 2.05) is 48.5 Å². The molecule has 0 atom stereocenters. The zero-order valence-electron chi connectivity index (χ0n) is 56.6. The number of para-hydroxylation sites is 7. The molecular weight excluding hydrogens is 1340 g/mol. The molecule has 1 spiro atoms. The van der Waals surface area contributed by atoms with E-state index >= 15 is 0 Å². The molecule has 0 radical (unpaired) electrons. The molecule has 6 nitrogen and oxygen atoms in total. The Labute approximate surface area is 575 Å². The fourth-order valence-electron chi connectivity index (χ4n) is 14.8. The van der Waals surface area contributed by atoms with E-state index in [2.05, 4.69) is 286 Å². The van der Waals surface area contributed by atoms with Crippen LogP contribution in [0.4, 0.5) is 39.8 Å². The maximum atomic E-state index is 8.00. The predicted molar refractivity (Wildman–Crippen MR) is 388 cm³/mol. The summed E-state index contributed by atoms with van der Waals surface area (Å²) in [5, 5.41) is 2.06. The Hall–Kier alpha value is -10.5. The van der Waals surface area contributed by atoms with E-state index in [4.69, 9.17) is 13.8 Å². The summed E-state index contributed by atoms with van der Waals surface area (Å²) in [6.45, 7) is 13.9. The molecular formula is C88H68N5OPt-3. The van der Waals surface area contributed by atoms with Gasteiger partial charge in [0.15, 0.2) is 0 Å². The van der Waals surface area contributed by atoms with Crippen molar-refractivity contribution >= 4 is 61.6 Å². The quantitative estimate of drug-likeness (QED) is 0.135. The van der Waals surface area contributed by atoms with Crippen LogP contribution >= 0.6 is 0 Å². The van der Waals surface area contributed by atoms with Crippen molar-refractivity contribution in [2.24, 2.45) is 0 Å². The topological polar surface area (TPSA) is 36.8 Å². The Balaban J connectivity index is 0.00000751. The summed E-state index contributed by atoms with van der Waals surface area (Å²) >= 11 is 0. The average Bonchev–Trinajstić information content (AvgIpc) is 1.47. The van der Waals surface area contributed by atoms with Crippen molar-refractivity contribution in [3.8, 4) is 61.8 Å². The second-order valence-electron chi connectivity index (χ2n) is 27.0. The maximum Gasteiger partial charge on any atom is 0.135 e. The SMILES string of the molecule is [2H]C([2H])([2H])c1cccc(-c2ccc(-n3c4[c-]c(Oc5[c-]c(N6[CH-]N(c7c(-c8cc(C(C)(C)C)cc(C(C)(C)C)c8)cccc7-c7ccc8c(c7)-c7ccccc7C87c8ccccc8N(c8ccccc8)c8ccccc87)c7ccccc76)ccc5)ccc4c4ccccc43)nc2)c1.[Pt]. The zero-order valence-corrected chi connectivity index (χ0v) is 55.9. The van der Waals surface area contributed by atoms with Crippen molar-refractivity contribution in [3.63, 3.8) is 0 Å². The van der Waals surface area contributed by atoms with E-state index in [1.54, 1.807) is 24.4 Å². The molecule has 7 heteroatoms. The molecule has 0 N–H and O–H groups in total. The van der Waals surface area contributed by atoms with Crippen LogP contribution in [-0.4, -0.2) is 9.55 Å². The second-order valence-corrected chi connectivity index (χ2v) is 27.0. The fraction of sp³-hybridized carbons (Fsp3) is 0.114. The molecule has 0 amide bonds. The molecule has 2 aromatic heterocycles. The van der Waals surface area contributed by atoms with Crippen LogP contribution in [0.25, 0.3) is 72.1 Å². The number of rotatable bonds is 9. The largest absolute Gasteiger partial charge is 0.509 e.